The van der Waals surface area contributed by atoms with Crippen LogP contribution < -0.4 is 4.74 Å². The van der Waals surface area contributed by atoms with Gasteiger partial charge in [-0.3, -0.25) is 4.79 Å². The number of rotatable bonds is 6. The lowest BCUT2D eigenvalue weighted by atomic mass is 10.1. The quantitative estimate of drug-likeness (QED) is 0.438. The molecule has 0 amide bonds. The normalized spacial score (nSPS) is 11.7. The Balaban J connectivity index is 2.12. The van der Waals surface area contributed by atoms with Gasteiger partial charge >= 0.3 is 5.97 Å². The molecule has 1 heterocycles. The Morgan fingerprint density at radius 3 is 2.40 bits per heavy atom. The zero-order chi connectivity index (χ0) is 18.6. The summed E-state index contributed by atoms with van der Waals surface area (Å²) in [5.41, 5.74) is 1.98. The fraction of sp³-hybridized carbons (Fsp3) is 0.316. The van der Waals surface area contributed by atoms with Crippen LogP contribution in [0.4, 0.5) is 0 Å². The topological polar surface area (TPSA) is 65.5 Å². The molecule has 1 aromatic carbocycles. The van der Waals surface area contributed by atoms with Crippen molar-refractivity contribution >= 4 is 23.4 Å². The van der Waals surface area contributed by atoms with Gasteiger partial charge in [-0.15, -0.1) is 0 Å². The first-order valence-electron chi connectivity index (χ1n) is 7.95. The molecule has 0 spiro atoms. The van der Waals surface area contributed by atoms with E-state index in [-0.39, 0.29) is 16.5 Å². The van der Waals surface area contributed by atoms with Gasteiger partial charge in [0.2, 0.25) is 5.78 Å². The summed E-state index contributed by atoms with van der Waals surface area (Å²) in [6, 6.07) is 8.43. The fourth-order valence-electron chi connectivity index (χ4n) is 2.43. The van der Waals surface area contributed by atoms with Gasteiger partial charge in [-0.05, 0) is 63.6 Å². The minimum absolute atomic E-state index is 0.0724. The molecule has 0 aliphatic heterocycles. The molecule has 0 N–H and O–H groups in total. The van der Waals surface area contributed by atoms with Crippen molar-refractivity contribution in [2.24, 2.45) is 0 Å². The maximum Gasteiger partial charge on any atom is 0.342 e. The molecule has 2 aromatic rings. The number of carbonyl (C=O) groups is 2. The molecule has 0 unspecified atom stereocenters. The van der Waals surface area contributed by atoms with Crippen molar-refractivity contribution in [2.45, 2.75) is 33.8 Å². The number of carbonyl (C=O) groups excluding carboxylic acids is 2. The first kappa shape index (κ1) is 18.9. The van der Waals surface area contributed by atoms with Gasteiger partial charge in [0.05, 0.1) is 12.2 Å². The fourth-order valence-corrected chi connectivity index (χ4v) is 2.79. The molecule has 5 nitrogen and oxygen atoms in total. The maximum atomic E-state index is 12.4. The number of nitrogens with zero attached hydrogens (tertiary/aromatic N) is 1. The van der Waals surface area contributed by atoms with Crippen LogP contribution in [0.15, 0.2) is 30.3 Å². The molecule has 0 saturated heterocycles. The van der Waals surface area contributed by atoms with Crippen molar-refractivity contribution in [2.75, 3.05) is 6.61 Å². The molecule has 0 aliphatic rings. The predicted molar refractivity (Wildman–Crippen MR) is 95.5 cm³/mol. The van der Waals surface area contributed by atoms with Gasteiger partial charge in [-0.2, -0.15) is 0 Å². The number of ether oxygens (including phenoxy) is 2. The van der Waals surface area contributed by atoms with Gasteiger partial charge in [0.25, 0.3) is 0 Å². The van der Waals surface area contributed by atoms with Crippen LogP contribution in [0, 0.1) is 13.8 Å². The lowest BCUT2D eigenvalue weighted by Gasteiger charge is -2.14. The summed E-state index contributed by atoms with van der Waals surface area (Å²) < 4.78 is 10.6. The summed E-state index contributed by atoms with van der Waals surface area (Å²) in [6.07, 6.45) is -0.942. The standard InChI is InChI=1S/C19H20ClNO4/c1-5-24-15-8-6-14(7-9-15)17(22)13(4)25-19(23)16-11(2)10-12(3)21-18(16)20/h6-10,13H,5H2,1-4H3/t13-/m0/s1. The Bertz CT molecular complexity index is 764. The van der Waals surface area contributed by atoms with Crippen molar-refractivity contribution in [1.29, 1.82) is 0 Å². The number of pyridine rings is 1. The minimum Gasteiger partial charge on any atom is -0.494 e. The SMILES string of the molecule is CCOc1ccc(C(=O)[C@H](C)OC(=O)c2c(C)cc(C)nc2Cl)cc1. The molecule has 25 heavy (non-hydrogen) atoms. The van der Waals surface area contributed by atoms with Gasteiger partial charge in [-0.1, -0.05) is 11.6 Å². The summed E-state index contributed by atoms with van der Waals surface area (Å²) in [7, 11) is 0. The maximum absolute atomic E-state index is 12.4. The van der Waals surface area contributed by atoms with Gasteiger partial charge in [0, 0.05) is 11.3 Å². The van der Waals surface area contributed by atoms with E-state index in [0.717, 1.165) is 0 Å². The van der Waals surface area contributed by atoms with Gasteiger partial charge in [0.15, 0.2) is 6.10 Å². The van der Waals surface area contributed by atoms with Crippen molar-refractivity contribution < 1.29 is 19.1 Å². The molecule has 2 rings (SSSR count). The summed E-state index contributed by atoms with van der Waals surface area (Å²) in [4.78, 5) is 28.9. The predicted octanol–water partition coefficient (Wildman–Crippen LogP) is 4.18. The molecule has 0 bridgehead atoms. The number of benzene rings is 1. The highest BCUT2D eigenvalue weighted by Crippen LogP contribution is 2.21. The molecule has 6 heteroatoms. The van der Waals surface area contributed by atoms with Gasteiger partial charge in [-0.25, -0.2) is 9.78 Å². The molecule has 0 radical (unpaired) electrons. The molecule has 0 aliphatic carbocycles. The first-order valence-corrected chi connectivity index (χ1v) is 8.33. The van der Waals surface area contributed by atoms with Crippen LogP contribution in [0.2, 0.25) is 5.15 Å². The van der Waals surface area contributed by atoms with Gasteiger partial charge < -0.3 is 9.47 Å². The Morgan fingerprint density at radius 2 is 1.84 bits per heavy atom. The number of Topliss-reactive ketones (excluding diaryl/α,β-unsaturated/α-hetero) is 1. The number of aromatic nitrogens is 1. The highest BCUT2D eigenvalue weighted by atomic mass is 35.5. The molecule has 0 fully saturated rings. The Hall–Kier alpha value is -2.40. The number of ketones is 1. The third kappa shape index (κ3) is 4.57. The lowest BCUT2D eigenvalue weighted by molar-refractivity contribution is 0.0318. The van der Waals surface area contributed by atoms with Crippen LogP contribution in [0.1, 0.15) is 45.8 Å². The molecular weight excluding hydrogens is 342 g/mol. The molecule has 132 valence electrons. The summed E-state index contributed by atoms with van der Waals surface area (Å²) in [6.45, 7) is 7.49. The van der Waals surface area contributed by atoms with Gasteiger partial charge in [0.1, 0.15) is 10.9 Å². The molecular formula is C19H20ClNO4. The first-order chi connectivity index (χ1) is 11.8. The number of esters is 1. The van der Waals surface area contributed by atoms with E-state index >= 15 is 0 Å². The summed E-state index contributed by atoms with van der Waals surface area (Å²) in [5, 5.41) is 0.0724. The Labute approximate surface area is 151 Å². The Morgan fingerprint density at radius 1 is 1.20 bits per heavy atom. The zero-order valence-electron chi connectivity index (χ0n) is 14.6. The van der Waals surface area contributed by atoms with E-state index in [1.807, 2.05) is 6.92 Å². The number of aryl methyl sites for hydroxylation is 2. The average Bonchev–Trinajstić information content (AvgIpc) is 2.54. The smallest absolute Gasteiger partial charge is 0.342 e. The van der Waals surface area contributed by atoms with Crippen LogP contribution in [0.3, 0.4) is 0 Å². The third-order valence-electron chi connectivity index (χ3n) is 3.61. The van der Waals surface area contributed by atoms with Crippen LogP contribution in [0.5, 0.6) is 5.75 Å². The van der Waals surface area contributed by atoms with E-state index in [4.69, 9.17) is 21.1 Å². The monoisotopic (exact) mass is 361 g/mol. The zero-order valence-corrected chi connectivity index (χ0v) is 15.4. The van der Waals surface area contributed by atoms with E-state index < -0.39 is 12.1 Å². The second-order valence-corrected chi connectivity index (χ2v) is 5.97. The Kier molecular flexibility index (Phi) is 6.15. The third-order valence-corrected chi connectivity index (χ3v) is 3.88. The van der Waals surface area contributed by atoms with E-state index in [2.05, 4.69) is 4.98 Å². The van der Waals surface area contributed by atoms with Crippen LogP contribution in [-0.4, -0.2) is 29.4 Å². The number of hydrogen-bond acceptors (Lipinski definition) is 5. The van der Waals surface area contributed by atoms with Crippen LogP contribution in [0.25, 0.3) is 0 Å². The van der Waals surface area contributed by atoms with Crippen molar-refractivity contribution in [1.82, 2.24) is 4.98 Å². The minimum atomic E-state index is -0.942. The van der Waals surface area contributed by atoms with Crippen molar-refractivity contribution in [3.8, 4) is 5.75 Å². The molecule has 1 atom stereocenters. The summed E-state index contributed by atoms with van der Waals surface area (Å²) >= 11 is 6.05. The van der Waals surface area contributed by atoms with Crippen molar-refractivity contribution in [3.63, 3.8) is 0 Å². The highest BCUT2D eigenvalue weighted by molar-refractivity contribution is 6.32. The molecule has 1 aromatic heterocycles. The lowest BCUT2D eigenvalue weighted by Crippen LogP contribution is -2.25. The highest BCUT2D eigenvalue weighted by Gasteiger charge is 2.23. The second kappa shape index (κ2) is 8.12. The molecule has 0 saturated carbocycles. The van der Waals surface area contributed by atoms with E-state index in [9.17, 15) is 9.59 Å². The largest absolute Gasteiger partial charge is 0.494 e. The van der Waals surface area contributed by atoms with Crippen LogP contribution >= 0.6 is 11.6 Å². The average molecular weight is 362 g/mol. The number of hydrogen-bond donors (Lipinski definition) is 0. The second-order valence-electron chi connectivity index (χ2n) is 5.62. The van der Waals surface area contributed by atoms with E-state index in [1.165, 1.54) is 6.92 Å². The van der Waals surface area contributed by atoms with Crippen molar-refractivity contribution in [3.05, 3.63) is 57.9 Å². The van der Waals surface area contributed by atoms with Crippen LogP contribution in [-0.2, 0) is 4.74 Å². The number of halogens is 1. The van der Waals surface area contributed by atoms with E-state index in [0.29, 0.717) is 29.2 Å². The van der Waals surface area contributed by atoms with E-state index in [1.54, 1.807) is 44.2 Å². The summed E-state index contributed by atoms with van der Waals surface area (Å²) in [5.74, 6) is -0.288.